The summed E-state index contributed by atoms with van der Waals surface area (Å²) in [5.41, 5.74) is 1.69. The van der Waals surface area contributed by atoms with Crippen LogP contribution >= 0.6 is 23.2 Å². The SMILES string of the molecule is CNC(=O)C(C)N(Cc1cccc(Cl)c1)C(=O)CN(c1ccc(C)c(Cl)c1)S(=O)(=O)c1ccccc1. The Morgan fingerprint density at radius 3 is 2.28 bits per heavy atom. The van der Waals surface area contributed by atoms with E-state index < -0.39 is 28.5 Å². The summed E-state index contributed by atoms with van der Waals surface area (Å²) in [5, 5.41) is 3.39. The van der Waals surface area contributed by atoms with Gasteiger partial charge < -0.3 is 10.2 Å². The van der Waals surface area contributed by atoms with Crippen molar-refractivity contribution in [2.45, 2.75) is 31.3 Å². The van der Waals surface area contributed by atoms with E-state index in [2.05, 4.69) is 5.32 Å². The molecule has 2 amide bonds. The van der Waals surface area contributed by atoms with E-state index in [9.17, 15) is 18.0 Å². The predicted molar refractivity (Wildman–Crippen MR) is 143 cm³/mol. The summed E-state index contributed by atoms with van der Waals surface area (Å²) in [6.45, 7) is 2.89. The van der Waals surface area contributed by atoms with Gasteiger partial charge in [-0.15, -0.1) is 0 Å². The third kappa shape index (κ3) is 6.37. The Morgan fingerprint density at radius 1 is 0.972 bits per heavy atom. The molecule has 0 saturated heterocycles. The number of likely N-dealkylation sites (N-methyl/N-ethyl adjacent to an activating group) is 1. The standard InChI is InChI=1S/C26H27Cl2N3O4S/c1-18-12-13-22(15-24(18)28)31(36(34,35)23-10-5-4-6-11-23)17-25(32)30(19(2)26(33)29-3)16-20-8-7-9-21(27)14-20/h4-15,19H,16-17H2,1-3H3,(H,29,33). The summed E-state index contributed by atoms with van der Waals surface area (Å²) in [4.78, 5) is 27.5. The van der Waals surface area contributed by atoms with Crippen molar-refractivity contribution in [3.05, 3.63) is 94.0 Å². The highest BCUT2D eigenvalue weighted by molar-refractivity contribution is 7.92. The summed E-state index contributed by atoms with van der Waals surface area (Å²) >= 11 is 12.4. The van der Waals surface area contributed by atoms with Crippen LogP contribution in [-0.4, -0.2) is 44.8 Å². The molecule has 1 unspecified atom stereocenters. The minimum absolute atomic E-state index is 0.0234. The van der Waals surface area contributed by atoms with E-state index in [4.69, 9.17) is 23.2 Å². The lowest BCUT2D eigenvalue weighted by molar-refractivity contribution is -0.139. The predicted octanol–water partition coefficient (Wildman–Crippen LogP) is 4.66. The van der Waals surface area contributed by atoms with Crippen LogP contribution in [0.4, 0.5) is 5.69 Å². The van der Waals surface area contributed by atoms with Crippen LogP contribution in [0.2, 0.25) is 10.0 Å². The number of aryl methyl sites for hydroxylation is 1. The minimum Gasteiger partial charge on any atom is -0.357 e. The second-order valence-electron chi connectivity index (χ2n) is 8.20. The largest absolute Gasteiger partial charge is 0.357 e. The molecular weight excluding hydrogens is 521 g/mol. The monoisotopic (exact) mass is 547 g/mol. The fourth-order valence-electron chi connectivity index (χ4n) is 3.61. The molecule has 7 nitrogen and oxygen atoms in total. The lowest BCUT2D eigenvalue weighted by Crippen LogP contribution is -2.50. The molecule has 0 radical (unpaired) electrons. The highest BCUT2D eigenvalue weighted by Gasteiger charge is 2.32. The average Bonchev–Trinajstić information content (AvgIpc) is 2.87. The van der Waals surface area contributed by atoms with Crippen molar-refractivity contribution in [3.63, 3.8) is 0 Å². The van der Waals surface area contributed by atoms with Crippen molar-refractivity contribution >= 4 is 50.7 Å². The number of amides is 2. The van der Waals surface area contributed by atoms with Crippen molar-refractivity contribution in [3.8, 4) is 0 Å². The van der Waals surface area contributed by atoms with Crippen molar-refractivity contribution in [1.29, 1.82) is 0 Å². The van der Waals surface area contributed by atoms with Gasteiger partial charge in [-0.25, -0.2) is 8.42 Å². The number of anilines is 1. The highest BCUT2D eigenvalue weighted by atomic mass is 35.5. The lowest BCUT2D eigenvalue weighted by atomic mass is 10.1. The van der Waals surface area contributed by atoms with Crippen LogP contribution in [0.15, 0.2) is 77.7 Å². The minimum atomic E-state index is -4.14. The van der Waals surface area contributed by atoms with Crippen molar-refractivity contribution in [2.75, 3.05) is 17.9 Å². The number of nitrogens with zero attached hydrogens (tertiary/aromatic N) is 2. The van der Waals surface area contributed by atoms with Gasteiger partial charge in [-0.05, 0) is 61.4 Å². The lowest BCUT2D eigenvalue weighted by Gasteiger charge is -2.32. The maximum absolute atomic E-state index is 13.7. The molecule has 3 aromatic rings. The van der Waals surface area contributed by atoms with E-state index in [0.717, 1.165) is 9.87 Å². The number of benzene rings is 3. The van der Waals surface area contributed by atoms with Crippen molar-refractivity contribution in [1.82, 2.24) is 10.2 Å². The third-order valence-corrected chi connectivity index (χ3v) is 8.14. The molecule has 3 rings (SSSR count). The average molecular weight is 548 g/mol. The Bertz CT molecular complexity index is 1350. The summed E-state index contributed by atoms with van der Waals surface area (Å²) in [5.74, 6) is -0.955. The van der Waals surface area contributed by atoms with Crippen molar-refractivity contribution < 1.29 is 18.0 Å². The van der Waals surface area contributed by atoms with Gasteiger partial charge in [0.2, 0.25) is 11.8 Å². The molecule has 0 spiro atoms. The number of sulfonamides is 1. The Balaban J connectivity index is 2.05. The molecule has 190 valence electrons. The van der Waals surface area contributed by atoms with Gasteiger partial charge >= 0.3 is 0 Å². The molecule has 1 N–H and O–H groups in total. The Labute approximate surface area is 221 Å². The van der Waals surface area contributed by atoms with Crippen LogP contribution in [0, 0.1) is 6.92 Å². The first kappa shape index (κ1) is 27.5. The van der Waals surface area contributed by atoms with Crippen LogP contribution in [0.5, 0.6) is 0 Å². The van der Waals surface area contributed by atoms with Gasteiger partial charge in [0.1, 0.15) is 12.6 Å². The van der Waals surface area contributed by atoms with Crippen LogP contribution in [0.25, 0.3) is 0 Å². The Kier molecular flexibility index (Phi) is 9.00. The third-order valence-electron chi connectivity index (χ3n) is 5.71. The maximum atomic E-state index is 13.7. The van der Waals surface area contributed by atoms with E-state index in [1.807, 2.05) is 0 Å². The smallest absolute Gasteiger partial charge is 0.264 e. The number of hydrogen-bond acceptors (Lipinski definition) is 4. The zero-order valence-electron chi connectivity index (χ0n) is 20.1. The number of rotatable bonds is 9. The second kappa shape index (κ2) is 11.8. The molecule has 0 aliphatic heterocycles. The molecule has 0 fully saturated rings. The van der Waals surface area contributed by atoms with Gasteiger partial charge in [0.25, 0.3) is 10.0 Å². The molecule has 10 heteroatoms. The van der Waals surface area contributed by atoms with Crippen LogP contribution < -0.4 is 9.62 Å². The van der Waals surface area contributed by atoms with E-state index in [0.29, 0.717) is 15.6 Å². The van der Waals surface area contributed by atoms with Gasteiger partial charge in [-0.2, -0.15) is 0 Å². The van der Waals surface area contributed by atoms with E-state index in [-0.39, 0.29) is 23.0 Å². The van der Waals surface area contributed by atoms with Gasteiger partial charge in [-0.3, -0.25) is 13.9 Å². The van der Waals surface area contributed by atoms with Crippen LogP contribution in [-0.2, 0) is 26.2 Å². The number of carbonyl (C=O) groups excluding carboxylic acids is 2. The second-order valence-corrected chi connectivity index (χ2v) is 10.9. The van der Waals surface area contributed by atoms with Gasteiger partial charge in [0.15, 0.2) is 0 Å². The number of hydrogen-bond donors (Lipinski definition) is 1. The number of halogens is 2. The van der Waals surface area contributed by atoms with E-state index >= 15 is 0 Å². The molecule has 1 atom stereocenters. The first-order chi connectivity index (χ1) is 17.0. The highest BCUT2D eigenvalue weighted by Crippen LogP contribution is 2.28. The fourth-order valence-corrected chi connectivity index (χ4v) is 5.42. The maximum Gasteiger partial charge on any atom is 0.264 e. The van der Waals surface area contributed by atoms with Crippen LogP contribution in [0.1, 0.15) is 18.1 Å². The molecule has 3 aromatic carbocycles. The molecule has 36 heavy (non-hydrogen) atoms. The zero-order valence-corrected chi connectivity index (χ0v) is 22.4. The van der Waals surface area contributed by atoms with Gasteiger partial charge in [0.05, 0.1) is 10.6 Å². The molecule has 0 aliphatic carbocycles. The normalized spacial score (nSPS) is 12.0. The fraction of sp³-hybridized carbons (Fsp3) is 0.231. The molecule has 0 aromatic heterocycles. The molecule has 0 heterocycles. The first-order valence-electron chi connectivity index (χ1n) is 11.1. The van der Waals surface area contributed by atoms with Gasteiger partial charge in [-0.1, -0.05) is 59.6 Å². The quantitative estimate of drug-likeness (QED) is 0.422. The topological polar surface area (TPSA) is 86.8 Å². The Morgan fingerprint density at radius 2 is 1.67 bits per heavy atom. The van der Waals surface area contributed by atoms with E-state index in [1.54, 1.807) is 68.4 Å². The molecular formula is C26H27Cl2N3O4S. The molecule has 0 aliphatic rings. The molecule has 0 saturated carbocycles. The number of nitrogens with one attached hydrogen (secondary N) is 1. The van der Waals surface area contributed by atoms with E-state index in [1.165, 1.54) is 30.1 Å². The number of carbonyl (C=O) groups is 2. The Hall–Kier alpha value is -3.07. The summed E-state index contributed by atoms with van der Waals surface area (Å²) in [7, 11) is -2.66. The van der Waals surface area contributed by atoms with Gasteiger partial charge in [0, 0.05) is 23.6 Å². The van der Waals surface area contributed by atoms with Crippen LogP contribution in [0.3, 0.4) is 0 Å². The zero-order chi connectivity index (χ0) is 26.5. The summed E-state index contributed by atoms with van der Waals surface area (Å²) in [6, 6.07) is 18.7. The summed E-state index contributed by atoms with van der Waals surface area (Å²) < 4.78 is 28.3. The summed E-state index contributed by atoms with van der Waals surface area (Å²) in [6.07, 6.45) is 0. The molecule has 0 bridgehead atoms. The van der Waals surface area contributed by atoms with Crippen molar-refractivity contribution in [2.24, 2.45) is 0 Å². The first-order valence-corrected chi connectivity index (χ1v) is 13.3.